The SMILES string of the molecule is COCCOc1cc(Nc2nc(N[C@@H](CNC(=O)OC(C)(C)C)Cc3ccccc3)c(F)cc2C#N)ccn1. The van der Waals surface area contributed by atoms with Gasteiger partial charge in [-0.3, -0.25) is 0 Å². The Labute approximate surface area is 227 Å². The molecule has 0 aliphatic carbocycles. The van der Waals surface area contributed by atoms with Crippen molar-refractivity contribution in [2.75, 3.05) is 37.5 Å². The number of ether oxygens (including phenoxy) is 3. The van der Waals surface area contributed by atoms with Crippen molar-refractivity contribution in [3.8, 4) is 11.9 Å². The number of nitrogens with zero attached hydrogens (tertiary/aromatic N) is 3. The number of halogens is 1. The number of hydrogen-bond acceptors (Lipinski definition) is 9. The number of nitrogens with one attached hydrogen (secondary N) is 3. The maximum atomic E-state index is 15.1. The van der Waals surface area contributed by atoms with Gasteiger partial charge in [-0.1, -0.05) is 30.3 Å². The van der Waals surface area contributed by atoms with Gasteiger partial charge in [0.15, 0.2) is 17.5 Å². The lowest BCUT2D eigenvalue weighted by molar-refractivity contribution is 0.0525. The highest BCUT2D eigenvalue weighted by Gasteiger charge is 2.20. The van der Waals surface area contributed by atoms with E-state index in [0.717, 1.165) is 11.6 Å². The smallest absolute Gasteiger partial charge is 0.407 e. The van der Waals surface area contributed by atoms with E-state index >= 15 is 4.39 Å². The quantitative estimate of drug-likeness (QED) is 0.279. The van der Waals surface area contributed by atoms with Crippen LogP contribution in [0.2, 0.25) is 0 Å². The number of amides is 1. The van der Waals surface area contributed by atoms with Crippen molar-refractivity contribution in [2.24, 2.45) is 0 Å². The standard InChI is InChI=1S/C28H33FN6O4/c1-28(2,3)39-27(36)32-18-22(14-19-8-6-5-7-9-19)34-26-23(29)15-20(17-30)25(35-26)33-21-10-11-31-24(16-21)38-13-12-37-4/h5-11,15-16,22H,12-14,18H2,1-4H3,(H,32,36)(H2,31,33,34,35)/t22-/m1/s1. The number of rotatable bonds is 12. The molecule has 3 aromatic rings. The topological polar surface area (TPSA) is 130 Å². The normalized spacial score (nSPS) is 11.7. The zero-order valence-electron chi connectivity index (χ0n) is 22.5. The first-order valence-electron chi connectivity index (χ1n) is 12.4. The molecule has 11 heteroatoms. The second-order valence-corrected chi connectivity index (χ2v) is 9.59. The van der Waals surface area contributed by atoms with Crippen LogP contribution in [-0.2, 0) is 15.9 Å². The third kappa shape index (κ3) is 9.75. The Hall–Kier alpha value is -4.43. The molecule has 3 rings (SSSR count). The molecule has 0 bridgehead atoms. The predicted molar refractivity (Wildman–Crippen MR) is 146 cm³/mol. The van der Waals surface area contributed by atoms with Crippen LogP contribution in [0.25, 0.3) is 0 Å². The summed E-state index contributed by atoms with van der Waals surface area (Å²) in [6.45, 7) is 6.18. The third-order valence-electron chi connectivity index (χ3n) is 5.19. The molecular formula is C28H33FN6O4. The second-order valence-electron chi connectivity index (χ2n) is 9.59. The van der Waals surface area contributed by atoms with Crippen molar-refractivity contribution in [3.63, 3.8) is 0 Å². The lowest BCUT2D eigenvalue weighted by Crippen LogP contribution is -2.40. The summed E-state index contributed by atoms with van der Waals surface area (Å²) >= 11 is 0. The van der Waals surface area contributed by atoms with E-state index in [2.05, 4.69) is 25.9 Å². The molecule has 1 aromatic carbocycles. The minimum atomic E-state index is -0.703. The molecule has 0 aliphatic heterocycles. The van der Waals surface area contributed by atoms with Gasteiger partial charge < -0.3 is 30.2 Å². The van der Waals surface area contributed by atoms with Gasteiger partial charge in [-0.15, -0.1) is 0 Å². The molecule has 2 aromatic heterocycles. The van der Waals surface area contributed by atoms with Gasteiger partial charge in [-0.25, -0.2) is 19.2 Å². The molecule has 1 amide bonds. The van der Waals surface area contributed by atoms with E-state index in [0.29, 0.717) is 31.2 Å². The van der Waals surface area contributed by atoms with Gasteiger partial charge in [0.2, 0.25) is 5.88 Å². The Kier molecular flexibility index (Phi) is 10.4. The zero-order chi connectivity index (χ0) is 28.3. The van der Waals surface area contributed by atoms with Crippen molar-refractivity contribution in [1.82, 2.24) is 15.3 Å². The molecule has 0 aliphatic rings. The van der Waals surface area contributed by atoms with Gasteiger partial charge in [0, 0.05) is 37.6 Å². The number of anilines is 3. The number of aromatic nitrogens is 2. The summed E-state index contributed by atoms with van der Waals surface area (Å²) in [7, 11) is 1.57. The van der Waals surface area contributed by atoms with Gasteiger partial charge in [0.05, 0.1) is 12.2 Å². The minimum Gasteiger partial charge on any atom is -0.475 e. The summed E-state index contributed by atoms with van der Waals surface area (Å²) in [4.78, 5) is 20.8. The van der Waals surface area contributed by atoms with Gasteiger partial charge in [-0.05, 0) is 44.9 Å². The number of pyridine rings is 2. The number of alkyl carbamates (subject to hydrolysis) is 1. The van der Waals surface area contributed by atoms with Crippen molar-refractivity contribution >= 4 is 23.4 Å². The van der Waals surface area contributed by atoms with E-state index in [-0.39, 0.29) is 23.7 Å². The fraction of sp³-hybridized carbons (Fsp3) is 0.357. The molecular weight excluding hydrogens is 503 g/mol. The minimum absolute atomic E-state index is 0.0169. The second kappa shape index (κ2) is 13.9. The van der Waals surface area contributed by atoms with Crippen LogP contribution in [0.15, 0.2) is 54.7 Å². The molecule has 0 spiro atoms. The summed E-state index contributed by atoms with van der Waals surface area (Å²) in [5, 5.41) is 18.4. The molecule has 2 heterocycles. The van der Waals surface area contributed by atoms with Crippen LogP contribution in [0.5, 0.6) is 5.88 Å². The van der Waals surface area contributed by atoms with Crippen LogP contribution < -0.4 is 20.7 Å². The zero-order valence-corrected chi connectivity index (χ0v) is 22.5. The van der Waals surface area contributed by atoms with Crippen LogP contribution in [-0.4, -0.2) is 54.6 Å². The van der Waals surface area contributed by atoms with Gasteiger partial charge in [0.1, 0.15) is 18.3 Å². The van der Waals surface area contributed by atoms with Crippen LogP contribution in [0.4, 0.5) is 26.5 Å². The number of carbonyl (C=O) groups excluding carboxylic acids is 1. The first-order valence-corrected chi connectivity index (χ1v) is 12.4. The number of benzene rings is 1. The third-order valence-corrected chi connectivity index (χ3v) is 5.19. The van der Waals surface area contributed by atoms with Crippen LogP contribution in [0, 0.1) is 17.1 Å². The van der Waals surface area contributed by atoms with E-state index in [1.165, 1.54) is 6.20 Å². The van der Waals surface area contributed by atoms with Crippen molar-refractivity contribution < 1.29 is 23.4 Å². The van der Waals surface area contributed by atoms with Crippen molar-refractivity contribution in [2.45, 2.75) is 38.8 Å². The van der Waals surface area contributed by atoms with E-state index in [4.69, 9.17) is 14.2 Å². The average molecular weight is 537 g/mol. The Bertz CT molecular complexity index is 1280. The van der Waals surface area contributed by atoms with Crippen LogP contribution >= 0.6 is 0 Å². The summed E-state index contributed by atoms with van der Waals surface area (Å²) < 4.78 is 30.9. The monoisotopic (exact) mass is 536 g/mol. The summed E-state index contributed by atoms with van der Waals surface area (Å²) in [5.41, 5.74) is 0.885. The Balaban J connectivity index is 1.82. The maximum absolute atomic E-state index is 15.1. The highest BCUT2D eigenvalue weighted by atomic mass is 19.1. The lowest BCUT2D eigenvalue weighted by atomic mass is 10.1. The van der Waals surface area contributed by atoms with E-state index in [1.54, 1.807) is 40.0 Å². The van der Waals surface area contributed by atoms with Gasteiger partial charge >= 0.3 is 6.09 Å². The Morgan fingerprint density at radius 2 is 1.90 bits per heavy atom. The number of carbonyl (C=O) groups is 1. The fourth-order valence-corrected chi connectivity index (χ4v) is 3.49. The van der Waals surface area contributed by atoms with Crippen molar-refractivity contribution in [1.29, 1.82) is 5.26 Å². The van der Waals surface area contributed by atoms with E-state index in [1.807, 2.05) is 36.4 Å². The van der Waals surface area contributed by atoms with Gasteiger partial charge in [0.25, 0.3) is 0 Å². The highest BCUT2D eigenvalue weighted by Crippen LogP contribution is 2.25. The number of methoxy groups -OCH3 is 1. The summed E-state index contributed by atoms with van der Waals surface area (Å²) in [5.74, 6) is -0.277. The highest BCUT2D eigenvalue weighted by molar-refractivity contribution is 5.68. The molecule has 0 saturated heterocycles. The summed E-state index contributed by atoms with van der Waals surface area (Å²) in [6, 6.07) is 15.5. The molecule has 206 valence electrons. The van der Waals surface area contributed by atoms with Crippen LogP contribution in [0.1, 0.15) is 31.9 Å². The molecule has 39 heavy (non-hydrogen) atoms. The largest absolute Gasteiger partial charge is 0.475 e. The van der Waals surface area contributed by atoms with Crippen LogP contribution in [0.3, 0.4) is 0 Å². The Morgan fingerprint density at radius 1 is 1.13 bits per heavy atom. The summed E-state index contributed by atoms with van der Waals surface area (Å²) in [6.07, 6.45) is 1.42. The maximum Gasteiger partial charge on any atom is 0.407 e. The number of nitriles is 1. The van der Waals surface area contributed by atoms with E-state index in [9.17, 15) is 10.1 Å². The molecule has 0 radical (unpaired) electrons. The molecule has 3 N–H and O–H groups in total. The number of hydrogen-bond donors (Lipinski definition) is 3. The lowest BCUT2D eigenvalue weighted by Gasteiger charge is -2.23. The van der Waals surface area contributed by atoms with Gasteiger partial charge in [-0.2, -0.15) is 5.26 Å². The first-order chi connectivity index (χ1) is 18.7. The van der Waals surface area contributed by atoms with Crippen molar-refractivity contribution in [3.05, 3.63) is 71.7 Å². The molecule has 1 atom stereocenters. The molecule has 10 nitrogen and oxygen atoms in total. The molecule has 0 saturated carbocycles. The Morgan fingerprint density at radius 3 is 2.59 bits per heavy atom. The average Bonchev–Trinajstić information content (AvgIpc) is 2.89. The molecule has 0 fully saturated rings. The molecule has 0 unspecified atom stereocenters. The first kappa shape index (κ1) is 29.1. The van der Waals surface area contributed by atoms with E-state index < -0.39 is 23.6 Å². The predicted octanol–water partition coefficient (Wildman–Crippen LogP) is 4.80. The fourth-order valence-electron chi connectivity index (χ4n) is 3.49.